The number of carbonyl (C=O) groups is 1. The van der Waals surface area contributed by atoms with Crippen molar-refractivity contribution in [3.63, 3.8) is 0 Å². The Morgan fingerprint density at radius 2 is 1.90 bits per heavy atom. The lowest BCUT2D eigenvalue weighted by atomic mass is 10.2. The number of nitrogens with one attached hydrogen (secondary N) is 1. The lowest BCUT2D eigenvalue weighted by Gasteiger charge is -2.08. The Hall–Kier alpha value is -1.97. The first-order valence-electron chi connectivity index (χ1n) is 6.42. The Labute approximate surface area is 132 Å². The summed E-state index contributed by atoms with van der Waals surface area (Å²) in [6.07, 6.45) is 1.87. The van der Waals surface area contributed by atoms with Gasteiger partial charge >= 0.3 is 0 Å². The van der Waals surface area contributed by atoms with Gasteiger partial charge in [-0.05, 0) is 36.4 Å². The van der Waals surface area contributed by atoms with Gasteiger partial charge in [-0.1, -0.05) is 35.3 Å². The number of amides is 1. The molecule has 0 saturated carbocycles. The second-order valence-corrected chi connectivity index (χ2v) is 5.52. The average molecular weight is 319 g/mol. The van der Waals surface area contributed by atoms with Crippen LogP contribution in [0.1, 0.15) is 0 Å². The number of hydrogen-bond acceptors (Lipinski definition) is 1. The van der Waals surface area contributed by atoms with Crippen molar-refractivity contribution in [2.24, 2.45) is 0 Å². The quantitative estimate of drug-likeness (QED) is 0.753. The summed E-state index contributed by atoms with van der Waals surface area (Å²) in [5.41, 5.74) is 1.58. The van der Waals surface area contributed by atoms with Gasteiger partial charge in [0.15, 0.2) is 0 Å². The molecule has 2 aromatic carbocycles. The number of benzene rings is 2. The van der Waals surface area contributed by atoms with Crippen molar-refractivity contribution >= 4 is 45.7 Å². The monoisotopic (exact) mass is 318 g/mol. The van der Waals surface area contributed by atoms with Crippen LogP contribution in [0.2, 0.25) is 10.0 Å². The van der Waals surface area contributed by atoms with E-state index in [0.29, 0.717) is 15.7 Å². The zero-order valence-corrected chi connectivity index (χ0v) is 12.5. The zero-order chi connectivity index (χ0) is 14.8. The molecule has 0 fully saturated rings. The summed E-state index contributed by atoms with van der Waals surface area (Å²) in [7, 11) is 0. The van der Waals surface area contributed by atoms with Crippen LogP contribution in [0.4, 0.5) is 5.69 Å². The van der Waals surface area contributed by atoms with E-state index in [2.05, 4.69) is 5.32 Å². The molecule has 3 rings (SSSR count). The Morgan fingerprint density at radius 1 is 1.10 bits per heavy atom. The number of rotatable bonds is 3. The summed E-state index contributed by atoms with van der Waals surface area (Å²) in [6.45, 7) is 0.219. The van der Waals surface area contributed by atoms with Gasteiger partial charge in [0.1, 0.15) is 6.54 Å². The van der Waals surface area contributed by atoms with Gasteiger partial charge in [-0.25, -0.2) is 0 Å². The molecule has 0 unspecified atom stereocenters. The highest BCUT2D eigenvalue weighted by Gasteiger charge is 2.08. The molecule has 0 aliphatic carbocycles. The van der Waals surface area contributed by atoms with Crippen LogP contribution in [0.15, 0.2) is 54.7 Å². The van der Waals surface area contributed by atoms with Gasteiger partial charge in [-0.3, -0.25) is 4.79 Å². The third-order valence-corrected chi connectivity index (χ3v) is 3.76. The Kier molecular flexibility index (Phi) is 3.86. The number of hydrogen-bond donors (Lipinski definition) is 1. The summed E-state index contributed by atoms with van der Waals surface area (Å²) in [5, 5.41) is 5.02. The van der Waals surface area contributed by atoms with Gasteiger partial charge in [0, 0.05) is 22.1 Å². The Morgan fingerprint density at radius 3 is 2.71 bits per heavy atom. The minimum Gasteiger partial charge on any atom is -0.338 e. The predicted molar refractivity (Wildman–Crippen MR) is 87.0 cm³/mol. The third-order valence-electron chi connectivity index (χ3n) is 3.19. The predicted octanol–water partition coefficient (Wildman–Crippen LogP) is 4.59. The van der Waals surface area contributed by atoms with E-state index >= 15 is 0 Å². The number of anilines is 1. The summed E-state index contributed by atoms with van der Waals surface area (Å²) >= 11 is 12.0. The molecule has 0 aliphatic rings. The summed E-state index contributed by atoms with van der Waals surface area (Å²) in [4.78, 5) is 12.1. The van der Waals surface area contributed by atoms with Gasteiger partial charge in [-0.2, -0.15) is 0 Å². The van der Waals surface area contributed by atoms with Crippen LogP contribution >= 0.6 is 23.2 Å². The van der Waals surface area contributed by atoms with Crippen molar-refractivity contribution in [3.8, 4) is 0 Å². The molecule has 0 radical (unpaired) electrons. The number of para-hydroxylation sites is 1. The average Bonchev–Trinajstić information content (AvgIpc) is 2.83. The number of nitrogens with zero attached hydrogens (tertiary/aromatic N) is 1. The maximum atomic E-state index is 12.1. The third kappa shape index (κ3) is 3.04. The molecule has 21 heavy (non-hydrogen) atoms. The SMILES string of the molecule is O=C(Cn1ccc2cc(Cl)ccc21)Nc1ccccc1Cl. The van der Waals surface area contributed by atoms with Crippen LogP contribution in [0, 0.1) is 0 Å². The summed E-state index contributed by atoms with van der Waals surface area (Å²) in [5.74, 6) is -0.129. The van der Waals surface area contributed by atoms with Gasteiger partial charge < -0.3 is 9.88 Å². The number of aromatic nitrogens is 1. The maximum absolute atomic E-state index is 12.1. The van der Waals surface area contributed by atoms with Crippen molar-refractivity contribution in [3.05, 3.63) is 64.8 Å². The largest absolute Gasteiger partial charge is 0.338 e. The Bertz CT molecular complexity index is 811. The second kappa shape index (κ2) is 5.80. The van der Waals surface area contributed by atoms with E-state index in [-0.39, 0.29) is 12.5 Å². The maximum Gasteiger partial charge on any atom is 0.244 e. The molecule has 0 spiro atoms. The van der Waals surface area contributed by atoms with Crippen LogP contribution in [0.3, 0.4) is 0 Å². The summed E-state index contributed by atoms with van der Waals surface area (Å²) < 4.78 is 1.87. The fourth-order valence-corrected chi connectivity index (χ4v) is 2.58. The molecule has 0 saturated heterocycles. The summed E-state index contributed by atoms with van der Waals surface area (Å²) in [6, 6.07) is 14.7. The second-order valence-electron chi connectivity index (χ2n) is 4.67. The van der Waals surface area contributed by atoms with E-state index in [9.17, 15) is 4.79 Å². The number of carbonyl (C=O) groups excluding carboxylic acids is 1. The van der Waals surface area contributed by atoms with E-state index in [0.717, 1.165) is 10.9 Å². The fourth-order valence-electron chi connectivity index (χ4n) is 2.22. The number of halogens is 2. The van der Waals surface area contributed by atoms with Crippen LogP contribution < -0.4 is 5.32 Å². The first-order chi connectivity index (χ1) is 10.1. The molecule has 0 atom stereocenters. The first kappa shape index (κ1) is 14.0. The molecule has 106 valence electrons. The molecule has 1 heterocycles. The van der Waals surface area contributed by atoms with Gasteiger partial charge in [-0.15, -0.1) is 0 Å². The minimum atomic E-state index is -0.129. The van der Waals surface area contributed by atoms with Gasteiger partial charge in [0.25, 0.3) is 0 Å². The molecule has 1 aromatic heterocycles. The van der Waals surface area contributed by atoms with E-state index in [1.807, 2.05) is 47.2 Å². The molecular weight excluding hydrogens is 307 g/mol. The van der Waals surface area contributed by atoms with Gasteiger partial charge in [0.05, 0.1) is 10.7 Å². The standard InChI is InChI=1S/C16H12Cl2N2O/c17-12-5-6-15-11(9-12)7-8-20(15)10-16(21)19-14-4-2-1-3-13(14)18/h1-9H,10H2,(H,19,21). The van der Waals surface area contributed by atoms with Crippen molar-refractivity contribution in [1.29, 1.82) is 0 Å². The van der Waals surface area contributed by atoms with Crippen LogP contribution in [-0.4, -0.2) is 10.5 Å². The molecule has 0 bridgehead atoms. The van der Waals surface area contributed by atoms with E-state index in [4.69, 9.17) is 23.2 Å². The first-order valence-corrected chi connectivity index (χ1v) is 7.18. The van der Waals surface area contributed by atoms with E-state index < -0.39 is 0 Å². The molecule has 3 nitrogen and oxygen atoms in total. The normalized spacial score (nSPS) is 10.8. The molecule has 1 N–H and O–H groups in total. The highest BCUT2D eigenvalue weighted by molar-refractivity contribution is 6.33. The fraction of sp³-hybridized carbons (Fsp3) is 0.0625. The lowest BCUT2D eigenvalue weighted by molar-refractivity contribution is -0.116. The van der Waals surface area contributed by atoms with Crippen molar-refractivity contribution in [2.75, 3.05) is 5.32 Å². The topological polar surface area (TPSA) is 34.0 Å². The Balaban J connectivity index is 1.79. The van der Waals surface area contributed by atoms with E-state index in [1.165, 1.54) is 0 Å². The molecule has 0 aliphatic heterocycles. The smallest absolute Gasteiger partial charge is 0.244 e. The molecule has 1 amide bonds. The molecular formula is C16H12Cl2N2O. The van der Waals surface area contributed by atoms with Crippen molar-refractivity contribution in [1.82, 2.24) is 4.57 Å². The highest BCUT2D eigenvalue weighted by atomic mass is 35.5. The van der Waals surface area contributed by atoms with Gasteiger partial charge in [0.2, 0.25) is 5.91 Å². The van der Waals surface area contributed by atoms with E-state index in [1.54, 1.807) is 12.1 Å². The molecule has 3 aromatic rings. The zero-order valence-electron chi connectivity index (χ0n) is 11.0. The minimum absolute atomic E-state index is 0.129. The van der Waals surface area contributed by atoms with Crippen molar-refractivity contribution in [2.45, 2.75) is 6.54 Å². The van der Waals surface area contributed by atoms with Crippen LogP contribution in [0.5, 0.6) is 0 Å². The van der Waals surface area contributed by atoms with Crippen LogP contribution in [0.25, 0.3) is 10.9 Å². The highest BCUT2D eigenvalue weighted by Crippen LogP contribution is 2.22. The van der Waals surface area contributed by atoms with Crippen LogP contribution in [-0.2, 0) is 11.3 Å². The molecule has 5 heteroatoms. The number of fused-ring (bicyclic) bond motifs is 1. The lowest BCUT2D eigenvalue weighted by Crippen LogP contribution is -2.18. The van der Waals surface area contributed by atoms with Crippen molar-refractivity contribution < 1.29 is 4.79 Å².